The minimum absolute atomic E-state index is 0.0129. The van der Waals surface area contributed by atoms with Gasteiger partial charge in [-0.1, -0.05) is 12.1 Å². The maximum absolute atomic E-state index is 13.4. The number of pyridine rings is 1. The summed E-state index contributed by atoms with van der Waals surface area (Å²) in [5, 5.41) is 19.4. The van der Waals surface area contributed by atoms with Crippen molar-refractivity contribution in [2.75, 3.05) is 31.6 Å². The minimum Gasteiger partial charge on any atom is -0.444 e. The van der Waals surface area contributed by atoms with E-state index in [1.165, 1.54) is 23.1 Å². The van der Waals surface area contributed by atoms with Gasteiger partial charge in [0.2, 0.25) is 5.91 Å². The number of ether oxygens (including phenoxy) is 1. The summed E-state index contributed by atoms with van der Waals surface area (Å²) >= 11 is 0. The van der Waals surface area contributed by atoms with Gasteiger partial charge in [0.1, 0.15) is 17.5 Å². The standard InChI is InChI=1S/C32H39FN8O4/c1-32(2,3)45-31(44)35-14-5-10-29(42)40-16-6-9-25(40)20-37-30(43)23-11-12-27(36-19-23)26-21-41(39-28(26)18-34)38-15-13-22-7-4-8-24(33)17-22/h4,7-8,11-12,17,19,21,25,38H,5-6,9-10,13-16,20H2,1-3H3,(H,35,44)(H,37,43)/t25-/m1/s1. The molecule has 2 aromatic heterocycles. The molecule has 1 saturated heterocycles. The largest absolute Gasteiger partial charge is 0.444 e. The topological polar surface area (TPSA) is 154 Å². The number of rotatable bonds is 12. The lowest BCUT2D eigenvalue weighted by Gasteiger charge is -2.25. The molecule has 1 aliphatic heterocycles. The van der Waals surface area contributed by atoms with E-state index in [1.807, 2.05) is 6.07 Å². The van der Waals surface area contributed by atoms with Crippen LogP contribution in [0, 0.1) is 17.1 Å². The van der Waals surface area contributed by atoms with Gasteiger partial charge in [0.15, 0.2) is 5.69 Å². The van der Waals surface area contributed by atoms with Gasteiger partial charge in [-0.15, -0.1) is 5.10 Å². The molecule has 12 nitrogen and oxygen atoms in total. The van der Waals surface area contributed by atoms with Gasteiger partial charge < -0.3 is 25.7 Å². The Kier molecular flexibility index (Phi) is 11.1. The molecule has 0 bridgehead atoms. The van der Waals surface area contributed by atoms with Crippen molar-refractivity contribution in [1.29, 1.82) is 5.26 Å². The number of hydrogen-bond donors (Lipinski definition) is 3. The van der Waals surface area contributed by atoms with Crippen LogP contribution in [-0.2, 0) is 16.0 Å². The van der Waals surface area contributed by atoms with Crippen molar-refractivity contribution in [3.8, 4) is 17.3 Å². The number of halogens is 1. The average molecular weight is 619 g/mol. The van der Waals surface area contributed by atoms with Crippen molar-refractivity contribution in [3.05, 3.63) is 71.4 Å². The third-order valence-electron chi connectivity index (χ3n) is 7.13. The van der Waals surface area contributed by atoms with Gasteiger partial charge in [0.05, 0.1) is 23.0 Å². The molecule has 3 heterocycles. The molecule has 1 aliphatic rings. The molecule has 3 aromatic rings. The molecule has 238 valence electrons. The van der Waals surface area contributed by atoms with Gasteiger partial charge in [-0.25, -0.2) is 9.18 Å². The molecule has 3 amide bonds. The van der Waals surface area contributed by atoms with Crippen molar-refractivity contribution in [2.45, 2.75) is 64.5 Å². The highest BCUT2D eigenvalue weighted by Crippen LogP contribution is 2.21. The number of likely N-dealkylation sites (tertiary alicyclic amines) is 1. The lowest BCUT2D eigenvalue weighted by Crippen LogP contribution is -2.43. The third kappa shape index (κ3) is 9.76. The first-order chi connectivity index (χ1) is 21.5. The summed E-state index contributed by atoms with van der Waals surface area (Å²) in [5.74, 6) is -0.621. The maximum atomic E-state index is 13.4. The van der Waals surface area contributed by atoms with Crippen LogP contribution in [-0.4, -0.2) is 75.5 Å². The van der Waals surface area contributed by atoms with E-state index in [0.29, 0.717) is 55.8 Å². The molecular formula is C32H39FN8O4. The molecule has 1 fully saturated rings. The zero-order chi connectivity index (χ0) is 32.4. The number of nitrogens with one attached hydrogen (secondary N) is 3. The normalized spacial score (nSPS) is 14.5. The van der Waals surface area contributed by atoms with Crippen LogP contribution in [0.1, 0.15) is 68.1 Å². The number of carbonyl (C=O) groups is 3. The number of alkyl carbamates (subject to hydrolysis) is 1. The lowest BCUT2D eigenvalue weighted by atomic mass is 10.1. The second-order valence-electron chi connectivity index (χ2n) is 11.8. The number of aromatic nitrogens is 3. The Morgan fingerprint density at radius 1 is 1.16 bits per heavy atom. The van der Waals surface area contributed by atoms with E-state index in [9.17, 15) is 24.0 Å². The first-order valence-electron chi connectivity index (χ1n) is 15.0. The second-order valence-corrected chi connectivity index (χ2v) is 11.8. The quantitative estimate of drug-likeness (QED) is 0.259. The number of amides is 3. The molecule has 0 spiro atoms. The highest BCUT2D eigenvalue weighted by Gasteiger charge is 2.28. The summed E-state index contributed by atoms with van der Waals surface area (Å²) in [5.41, 5.74) is 4.84. The molecular weight excluding hydrogens is 579 g/mol. The summed E-state index contributed by atoms with van der Waals surface area (Å²) < 4.78 is 18.6. The molecule has 4 rings (SSSR count). The van der Waals surface area contributed by atoms with Crippen LogP contribution < -0.4 is 16.1 Å². The fourth-order valence-electron chi connectivity index (χ4n) is 5.00. The SMILES string of the molecule is CC(C)(C)OC(=O)NCCCC(=O)N1CCC[C@@H]1CNC(=O)c1ccc(-c2cn(NCCc3cccc(F)c3)nc2C#N)nc1. The molecule has 1 atom stereocenters. The lowest BCUT2D eigenvalue weighted by molar-refractivity contribution is -0.132. The summed E-state index contributed by atoms with van der Waals surface area (Å²) in [7, 11) is 0. The molecule has 0 radical (unpaired) electrons. The van der Waals surface area contributed by atoms with Crippen LogP contribution in [0.15, 0.2) is 48.8 Å². The van der Waals surface area contributed by atoms with Crippen molar-refractivity contribution in [2.24, 2.45) is 0 Å². The van der Waals surface area contributed by atoms with E-state index in [4.69, 9.17) is 4.74 Å². The minimum atomic E-state index is -0.581. The second kappa shape index (κ2) is 15.1. The van der Waals surface area contributed by atoms with Gasteiger partial charge in [-0.3, -0.25) is 14.6 Å². The Labute approximate surface area is 261 Å². The van der Waals surface area contributed by atoms with Crippen molar-refractivity contribution >= 4 is 17.9 Å². The molecule has 0 saturated carbocycles. The van der Waals surface area contributed by atoms with Crippen molar-refractivity contribution < 1.29 is 23.5 Å². The highest BCUT2D eigenvalue weighted by molar-refractivity contribution is 5.94. The Morgan fingerprint density at radius 2 is 1.98 bits per heavy atom. The monoisotopic (exact) mass is 618 g/mol. The first kappa shape index (κ1) is 32.9. The van der Waals surface area contributed by atoms with Crippen molar-refractivity contribution in [1.82, 2.24) is 30.4 Å². The summed E-state index contributed by atoms with van der Waals surface area (Å²) in [6.45, 7) is 7.11. The van der Waals surface area contributed by atoms with Gasteiger partial charge in [0.25, 0.3) is 5.91 Å². The Hall–Kier alpha value is -4.99. The number of benzene rings is 1. The van der Waals surface area contributed by atoms with Gasteiger partial charge in [-0.05, 0) is 76.3 Å². The summed E-state index contributed by atoms with van der Waals surface area (Å²) in [6.07, 6.45) is 5.56. The van der Waals surface area contributed by atoms with Crippen molar-refractivity contribution in [3.63, 3.8) is 0 Å². The average Bonchev–Trinajstić information content (AvgIpc) is 3.64. The zero-order valence-corrected chi connectivity index (χ0v) is 25.8. The van der Waals surface area contributed by atoms with Crippen LogP contribution in [0.25, 0.3) is 11.3 Å². The van der Waals surface area contributed by atoms with Crippen LogP contribution >= 0.6 is 0 Å². The summed E-state index contributed by atoms with van der Waals surface area (Å²) in [4.78, 5) is 45.1. The van der Waals surface area contributed by atoms with E-state index < -0.39 is 11.7 Å². The molecule has 0 unspecified atom stereocenters. The third-order valence-corrected chi connectivity index (χ3v) is 7.13. The molecule has 13 heteroatoms. The predicted molar refractivity (Wildman–Crippen MR) is 165 cm³/mol. The van der Waals surface area contributed by atoms with Crippen LogP contribution in [0.3, 0.4) is 0 Å². The smallest absolute Gasteiger partial charge is 0.407 e. The van der Waals surface area contributed by atoms with E-state index >= 15 is 0 Å². The predicted octanol–water partition coefficient (Wildman–Crippen LogP) is 3.77. The van der Waals surface area contributed by atoms with Gasteiger partial charge in [0, 0.05) is 44.8 Å². The van der Waals surface area contributed by atoms with Gasteiger partial charge >= 0.3 is 6.09 Å². The van der Waals surface area contributed by atoms with E-state index in [1.54, 1.807) is 50.1 Å². The van der Waals surface area contributed by atoms with E-state index in [2.05, 4.69) is 32.2 Å². The number of hydrogen-bond acceptors (Lipinski definition) is 8. The fourth-order valence-corrected chi connectivity index (χ4v) is 5.00. The van der Waals surface area contributed by atoms with Crippen LogP contribution in [0.2, 0.25) is 0 Å². The number of nitriles is 1. The molecule has 1 aromatic carbocycles. The first-order valence-corrected chi connectivity index (χ1v) is 15.0. The Balaban J connectivity index is 1.24. The van der Waals surface area contributed by atoms with Gasteiger partial charge in [-0.2, -0.15) is 10.1 Å². The number of carbonyl (C=O) groups excluding carboxylic acids is 3. The van der Waals surface area contributed by atoms with E-state index in [0.717, 1.165) is 18.4 Å². The fraction of sp³-hybridized carbons (Fsp3) is 0.438. The molecule has 45 heavy (non-hydrogen) atoms. The van der Waals surface area contributed by atoms with Crippen LogP contribution in [0.4, 0.5) is 9.18 Å². The Bertz CT molecular complexity index is 1530. The maximum Gasteiger partial charge on any atom is 0.407 e. The Morgan fingerprint density at radius 3 is 2.69 bits per heavy atom. The van der Waals surface area contributed by atoms with Crippen LogP contribution in [0.5, 0.6) is 0 Å². The molecule has 0 aliphatic carbocycles. The van der Waals surface area contributed by atoms with E-state index in [-0.39, 0.29) is 35.8 Å². The highest BCUT2D eigenvalue weighted by atomic mass is 19.1. The molecule has 3 N–H and O–H groups in total. The zero-order valence-electron chi connectivity index (χ0n) is 25.8. The summed E-state index contributed by atoms with van der Waals surface area (Å²) in [6, 6.07) is 11.6. The number of nitrogens with zero attached hydrogens (tertiary/aromatic N) is 5.